The number of furan rings is 1. The van der Waals surface area contributed by atoms with Crippen LogP contribution in [-0.4, -0.2) is 34.6 Å². The van der Waals surface area contributed by atoms with Gasteiger partial charge < -0.3 is 19.7 Å². The average molecular weight is 356 g/mol. The van der Waals surface area contributed by atoms with Crippen molar-refractivity contribution in [2.24, 2.45) is 0 Å². The normalized spacial score (nSPS) is 15.0. The minimum Gasteiger partial charge on any atom is -0.481 e. The van der Waals surface area contributed by atoms with Crippen LogP contribution in [0.2, 0.25) is 0 Å². The zero-order valence-corrected chi connectivity index (χ0v) is 14.7. The molecule has 6 heteroatoms. The molecular formula is C20H24N2O4. The van der Waals surface area contributed by atoms with E-state index in [2.05, 4.69) is 5.32 Å². The molecule has 26 heavy (non-hydrogen) atoms. The third-order valence-corrected chi connectivity index (χ3v) is 4.68. The van der Waals surface area contributed by atoms with Gasteiger partial charge in [-0.25, -0.2) is 4.79 Å². The minimum absolute atomic E-state index is 0.0314. The van der Waals surface area contributed by atoms with Crippen LogP contribution >= 0.6 is 0 Å². The number of amides is 2. The number of nitrogens with one attached hydrogen (secondary N) is 1. The number of fused-ring (bicyclic) bond motifs is 1. The second-order valence-corrected chi connectivity index (χ2v) is 6.66. The van der Waals surface area contributed by atoms with Gasteiger partial charge in [0.25, 0.3) is 0 Å². The molecule has 1 unspecified atom stereocenters. The topological polar surface area (TPSA) is 82.8 Å². The Hall–Kier alpha value is -2.76. The Morgan fingerprint density at radius 1 is 1.23 bits per heavy atom. The van der Waals surface area contributed by atoms with Gasteiger partial charge in [-0.2, -0.15) is 0 Å². The molecule has 1 aromatic carbocycles. The van der Waals surface area contributed by atoms with E-state index >= 15 is 0 Å². The first-order chi connectivity index (χ1) is 12.6. The van der Waals surface area contributed by atoms with Crippen LogP contribution in [0.5, 0.6) is 0 Å². The van der Waals surface area contributed by atoms with Gasteiger partial charge in [0.1, 0.15) is 5.76 Å². The van der Waals surface area contributed by atoms with Gasteiger partial charge in [0, 0.05) is 31.0 Å². The number of benzene rings is 1. The Bertz CT molecular complexity index is 741. The monoisotopic (exact) mass is 356 g/mol. The fraction of sp³-hybridized carbons (Fsp3) is 0.400. The van der Waals surface area contributed by atoms with Crippen LogP contribution in [0, 0.1) is 0 Å². The molecule has 1 aliphatic heterocycles. The van der Waals surface area contributed by atoms with Crippen LogP contribution in [0.1, 0.15) is 36.1 Å². The van der Waals surface area contributed by atoms with Gasteiger partial charge in [-0.1, -0.05) is 30.3 Å². The van der Waals surface area contributed by atoms with Crippen molar-refractivity contribution in [2.45, 2.75) is 44.7 Å². The summed E-state index contributed by atoms with van der Waals surface area (Å²) in [5.41, 5.74) is 2.12. The van der Waals surface area contributed by atoms with Gasteiger partial charge in [0.2, 0.25) is 0 Å². The second kappa shape index (κ2) is 8.56. The lowest BCUT2D eigenvalue weighted by atomic mass is 10.0. The number of carboxylic acids is 1. The Labute approximate surface area is 152 Å². The first-order valence-corrected chi connectivity index (χ1v) is 8.98. The maximum Gasteiger partial charge on any atom is 0.317 e. The van der Waals surface area contributed by atoms with Crippen LogP contribution in [0.3, 0.4) is 0 Å². The molecule has 0 fully saturated rings. The summed E-state index contributed by atoms with van der Waals surface area (Å²) in [7, 11) is 0. The first-order valence-electron chi connectivity index (χ1n) is 8.98. The molecule has 2 amide bonds. The Morgan fingerprint density at radius 3 is 2.81 bits per heavy atom. The second-order valence-electron chi connectivity index (χ2n) is 6.66. The van der Waals surface area contributed by atoms with Crippen molar-refractivity contribution in [3.05, 3.63) is 59.5 Å². The summed E-state index contributed by atoms with van der Waals surface area (Å²) >= 11 is 0. The number of urea groups is 1. The maximum atomic E-state index is 12.8. The molecule has 0 aliphatic carbocycles. The largest absolute Gasteiger partial charge is 0.481 e. The zero-order valence-electron chi connectivity index (χ0n) is 14.7. The number of hydrogen-bond acceptors (Lipinski definition) is 3. The average Bonchev–Trinajstić information content (AvgIpc) is 2.97. The lowest BCUT2D eigenvalue weighted by Gasteiger charge is -2.25. The van der Waals surface area contributed by atoms with Crippen LogP contribution in [0.15, 0.2) is 47.1 Å². The quantitative estimate of drug-likeness (QED) is 0.832. The Balaban J connectivity index is 1.64. The summed E-state index contributed by atoms with van der Waals surface area (Å²) in [5, 5.41) is 12.0. The van der Waals surface area contributed by atoms with Crippen molar-refractivity contribution >= 4 is 12.0 Å². The van der Waals surface area contributed by atoms with Gasteiger partial charge in [0.15, 0.2) is 0 Å². The van der Waals surface area contributed by atoms with Crippen molar-refractivity contribution in [2.75, 3.05) is 6.54 Å². The van der Waals surface area contributed by atoms with E-state index in [0.29, 0.717) is 25.9 Å². The summed E-state index contributed by atoms with van der Waals surface area (Å²) in [6.07, 6.45) is 4.40. The highest BCUT2D eigenvalue weighted by Gasteiger charge is 2.23. The standard InChI is InChI=1S/C20H24N2O4/c23-19(24)9-8-17(13-15-5-2-1-3-6-15)21-20(25)22-11-4-7-18-16(14-22)10-12-26-18/h1-3,5-6,10,12,17H,4,7-9,11,13-14H2,(H,21,25)(H,23,24). The minimum atomic E-state index is -0.852. The Kier molecular flexibility index (Phi) is 5.94. The van der Waals surface area contributed by atoms with Crippen molar-refractivity contribution in [1.29, 1.82) is 0 Å². The van der Waals surface area contributed by atoms with Crippen molar-refractivity contribution in [3.63, 3.8) is 0 Å². The molecule has 2 N–H and O–H groups in total. The molecule has 0 saturated carbocycles. The molecule has 6 nitrogen and oxygen atoms in total. The highest BCUT2D eigenvalue weighted by atomic mass is 16.4. The number of aryl methyl sites for hydroxylation is 1. The Morgan fingerprint density at radius 2 is 2.04 bits per heavy atom. The molecule has 1 aromatic heterocycles. The molecule has 138 valence electrons. The van der Waals surface area contributed by atoms with E-state index in [9.17, 15) is 9.59 Å². The number of nitrogens with zero attached hydrogens (tertiary/aromatic N) is 1. The third-order valence-electron chi connectivity index (χ3n) is 4.68. The summed E-state index contributed by atoms with van der Waals surface area (Å²) in [4.78, 5) is 25.5. The first kappa shape index (κ1) is 18.0. The summed E-state index contributed by atoms with van der Waals surface area (Å²) in [5.74, 6) is 0.0992. The number of carbonyl (C=O) groups excluding carboxylic acids is 1. The highest BCUT2D eigenvalue weighted by Crippen LogP contribution is 2.20. The SMILES string of the molecule is O=C(O)CCC(Cc1ccccc1)NC(=O)N1CCCc2occc2C1. The van der Waals surface area contributed by atoms with E-state index in [4.69, 9.17) is 9.52 Å². The molecule has 1 atom stereocenters. The molecule has 3 rings (SSSR count). The van der Waals surface area contributed by atoms with Crippen LogP contribution < -0.4 is 5.32 Å². The molecule has 2 aromatic rings. The molecule has 0 saturated heterocycles. The fourth-order valence-corrected chi connectivity index (χ4v) is 3.30. The van der Waals surface area contributed by atoms with Gasteiger partial charge in [-0.3, -0.25) is 4.79 Å². The van der Waals surface area contributed by atoms with Crippen LogP contribution in [0.4, 0.5) is 4.79 Å². The lowest BCUT2D eigenvalue weighted by molar-refractivity contribution is -0.137. The predicted molar refractivity (Wildman–Crippen MR) is 96.8 cm³/mol. The zero-order chi connectivity index (χ0) is 18.4. The van der Waals surface area contributed by atoms with Crippen molar-refractivity contribution in [1.82, 2.24) is 10.2 Å². The number of hydrogen-bond donors (Lipinski definition) is 2. The summed E-state index contributed by atoms with van der Waals surface area (Å²) in [6.45, 7) is 1.18. The summed E-state index contributed by atoms with van der Waals surface area (Å²) in [6, 6.07) is 11.4. The summed E-state index contributed by atoms with van der Waals surface area (Å²) < 4.78 is 5.47. The van der Waals surface area contributed by atoms with E-state index in [1.54, 1.807) is 11.2 Å². The fourth-order valence-electron chi connectivity index (χ4n) is 3.30. The van der Waals surface area contributed by atoms with E-state index < -0.39 is 5.97 Å². The van der Waals surface area contributed by atoms with E-state index in [0.717, 1.165) is 29.7 Å². The van der Waals surface area contributed by atoms with Crippen LogP contribution in [-0.2, 0) is 24.2 Å². The smallest absolute Gasteiger partial charge is 0.317 e. The van der Waals surface area contributed by atoms with Crippen molar-refractivity contribution < 1.29 is 19.1 Å². The number of rotatable bonds is 6. The van der Waals surface area contributed by atoms with E-state index in [1.807, 2.05) is 36.4 Å². The predicted octanol–water partition coefficient (Wildman–Crippen LogP) is 3.21. The number of carboxylic acid groups (broad SMARTS) is 1. The van der Waals surface area contributed by atoms with Crippen LogP contribution in [0.25, 0.3) is 0 Å². The van der Waals surface area contributed by atoms with E-state index in [1.165, 1.54) is 0 Å². The van der Waals surface area contributed by atoms with E-state index in [-0.39, 0.29) is 18.5 Å². The van der Waals surface area contributed by atoms with Gasteiger partial charge in [-0.15, -0.1) is 0 Å². The van der Waals surface area contributed by atoms with Gasteiger partial charge in [-0.05, 0) is 30.9 Å². The number of carbonyl (C=O) groups is 2. The highest BCUT2D eigenvalue weighted by molar-refractivity contribution is 5.75. The van der Waals surface area contributed by atoms with Gasteiger partial charge >= 0.3 is 12.0 Å². The van der Waals surface area contributed by atoms with Gasteiger partial charge in [0.05, 0.1) is 12.8 Å². The van der Waals surface area contributed by atoms with Crippen molar-refractivity contribution in [3.8, 4) is 0 Å². The molecule has 0 bridgehead atoms. The molecule has 1 aliphatic rings. The molecule has 0 radical (unpaired) electrons. The number of aliphatic carboxylic acids is 1. The molecule has 0 spiro atoms. The third kappa shape index (κ3) is 4.88. The lowest BCUT2D eigenvalue weighted by Crippen LogP contribution is -2.45. The molecular weight excluding hydrogens is 332 g/mol. The molecule has 2 heterocycles. The maximum absolute atomic E-state index is 12.8.